The molecule has 132 valence electrons. The summed E-state index contributed by atoms with van der Waals surface area (Å²) in [6.45, 7) is 2.34. The van der Waals surface area contributed by atoms with Crippen LogP contribution in [0.1, 0.15) is 37.3 Å². The maximum Gasteiger partial charge on any atom is 0.320 e. The van der Waals surface area contributed by atoms with E-state index in [1.165, 1.54) is 0 Å². The topological polar surface area (TPSA) is 52.6 Å². The van der Waals surface area contributed by atoms with Gasteiger partial charge in [-0.3, -0.25) is 9.59 Å². The summed E-state index contributed by atoms with van der Waals surface area (Å²) in [5.74, 6) is -1.90. The number of rotatable bonds is 9. The van der Waals surface area contributed by atoms with Gasteiger partial charge in [0.25, 0.3) is 0 Å². The van der Waals surface area contributed by atoms with Crippen LogP contribution in [0.25, 0.3) is 0 Å². The van der Waals surface area contributed by atoms with E-state index < -0.39 is 17.9 Å². The highest BCUT2D eigenvalue weighted by molar-refractivity contribution is 5.94. The van der Waals surface area contributed by atoms with Crippen LogP contribution < -0.4 is 0 Å². The molecule has 0 bridgehead atoms. The number of benzene rings is 2. The Hall–Kier alpha value is -2.62. The molecule has 0 aliphatic carbocycles. The van der Waals surface area contributed by atoms with E-state index in [4.69, 9.17) is 9.47 Å². The average Bonchev–Trinajstić information content (AvgIpc) is 2.66. The molecule has 2 aromatic carbocycles. The molecule has 0 spiro atoms. The molecular formula is C21H24O4. The Labute approximate surface area is 148 Å². The first-order valence-corrected chi connectivity index (χ1v) is 8.62. The van der Waals surface area contributed by atoms with Crippen molar-refractivity contribution in [2.75, 3.05) is 0 Å². The Morgan fingerprint density at radius 3 is 1.64 bits per heavy atom. The van der Waals surface area contributed by atoms with Crippen LogP contribution in [0.4, 0.5) is 0 Å². The van der Waals surface area contributed by atoms with E-state index in [2.05, 4.69) is 0 Å². The maximum atomic E-state index is 12.4. The number of carbonyl (C=O) groups is 2. The molecule has 0 saturated heterocycles. The van der Waals surface area contributed by atoms with Gasteiger partial charge in [-0.05, 0) is 17.5 Å². The average molecular weight is 340 g/mol. The minimum absolute atomic E-state index is 0.161. The fourth-order valence-electron chi connectivity index (χ4n) is 2.40. The zero-order valence-electron chi connectivity index (χ0n) is 14.5. The lowest BCUT2D eigenvalue weighted by atomic mass is 10.0. The predicted octanol–water partition coefficient (Wildman–Crippen LogP) is 4.28. The summed E-state index contributed by atoms with van der Waals surface area (Å²) >= 11 is 0. The number of unbranched alkanes of at least 4 members (excludes halogenated alkanes) is 1. The maximum absolute atomic E-state index is 12.4. The molecule has 0 aliphatic rings. The summed E-state index contributed by atoms with van der Waals surface area (Å²) < 4.78 is 10.6. The Bertz CT molecular complexity index is 597. The lowest BCUT2D eigenvalue weighted by Gasteiger charge is -2.15. The van der Waals surface area contributed by atoms with Crippen molar-refractivity contribution in [2.24, 2.45) is 5.92 Å². The summed E-state index contributed by atoms with van der Waals surface area (Å²) in [6.07, 6.45) is 2.11. The van der Waals surface area contributed by atoms with Crippen molar-refractivity contribution in [3.63, 3.8) is 0 Å². The van der Waals surface area contributed by atoms with Gasteiger partial charge < -0.3 is 9.47 Å². The zero-order valence-corrected chi connectivity index (χ0v) is 14.5. The standard InChI is InChI=1S/C21H24O4/c1-2-3-14-19(20(22)24-15-17-10-6-4-7-11-17)21(23)25-16-18-12-8-5-9-13-18/h4-13,19H,2-3,14-16H2,1H3. The quantitative estimate of drug-likeness (QED) is 0.505. The summed E-state index contributed by atoms with van der Waals surface area (Å²) in [7, 11) is 0. The number of carbonyl (C=O) groups excluding carboxylic acids is 2. The second kappa shape index (κ2) is 10.3. The SMILES string of the molecule is CCCCC(C(=O)OCc1ccccc1)C(=O)OCc1ccccc1. The van der Waals surface area contributed by atoms with Crippen LogP contribution in [0.15, 0.2) is 60.7 Å². The number of hydrogen-bond donors (Lipinski definition) is 0. The Morgan fingerprint density at radius 2 is 1.24 bits per heavy atom. The molecule has 0 saturated carbocycles. The molecule has 0 aliphatic heterocycles. The van der Waals surface area contributed by atoms with Gasteiger partial charge in [-0.15, -0.1) is 0 Å². The molecule has 2 rings (SSSR count). The predicted molar refractivity (Wildman–Crippen MR) is 95.5 cm³/mol. The monoisotopic (exact) mass is 340 g/mol. The molecule has 0 radical (unpaired) electrons. The van der Waals surface area contributed by atoms with Crippen molar-refractivity contribution in [3.8, 4) is 0 Å². The second-order valence-electron chi connectivity index (χ2n) is 5.88. The molecule has 0 aromatic heterocycles. The first kappa shape index (κ1) is 18.7. The highest BCUT2D eigenvalue weighted by Gasteiger charge is 2.29. The highest BCUT2D eigenvalue weighted by atomic mass is 16.6. The van der Waals surface area contributed by atoms with E-state index in [0.717, 1.165) is 24.0 Å². The van der Waals surface area contributed by atoms with Crippen LogP contribution in [0.5, 0.6) is 0 Å². The molecule has 0 unspecified atom stereocenters. The third-order valence-electron chi connectivity index (χ3n) is 3.86. The summed E-state index contributed by atoms with van der Waals surface area (Å²) in [6, 6.07) is 18.8. The molecule has 0 atom stereocenters. The fraction of sp³-hybridized carbons (Fsp3) is 0.333. The van der Waals surface area contributed by atoms with E-state index in [0.29, 0.717) is 6.42 Å². The highest BCUT2D eigenvalue weighted by Crippen LogP contribution is 2.15. The van der Waals surface area contributed by atoms with E-state index in [1.807, 2.05) is 67.6 Å². The summed E-state index contributed by atoms with van der Waals surface area (Å²) in [4.78, 5) is 24.7. The number of esters is 2. The number of ether oxygens (including phenoxy) is 2. The van der Waals surface area contributed by atoms with Crippen molar-refractivity contribution in [3.05, 3.63) is 71.8 Å². The van der Waals surface area contributed by atoms with Gasteiger partial charge in [-0.25, -0.2) is 0 Å². The Morgan fingerprint density at radius 1 is 0.800 bits per heavy atom. The van der Waals surface area contributed by atoms with Gasteiger partial charge >= 0.3 is 11.9 Å². The molecule has 0 amide bonds. The van der Waals surface area contributed by atoms with Crippen molar-refractivity contribution < 1.29 is 19.1 Å². The fourth-order valence-corrected chi connectivity index (χ4v) is 2.40. The first-order valence-electron chi connectivity index (χ1n) is 8.62. The minimum atomic E-state index is -0.868. The molecule has 0 heterocycles. The Kier molecular flexibility index (Phi) is 7.70. The molecule has 4 nitrogen and oxygen atoms in total. The largest absolute Gasteiger partial charge is 0.460 e. The third kappa shape index (κ3) is 6.42. The lowest BCUT2D eigenvalue weighted by molar-refractivity contribution is -0.164. The van der Waals surface area contributed by atoms with Crippen molar-refractivity contribution in [1.82, 2.24) is 0 Å². The summed E-state index contributed by atoms with van der Waals surface area (Å²) in [5, 5.41) is 0. The van der Waals surface area contributed by atoms with Gasteiger partial charge in [0.05, 0.1) is 0 Å². The molecule has 2 aromatic rings. The van der Waals surface area contributed by atoms with Crippen LogP contribution in [0.3, 0.4) is 0 Å². The molecule has 4 heteroatoms. The van der Waals surface area contributed by atoms with Gasteiger partial charge in [0.2, 0.25) is 0 Å². The van der Waals surface area contributed by atoms with Crippen LogP contribution >= 0.6 is 0 Å². The lowest BCUT2D eigenvalue weighted by Crippen LogP contribution is -2.28. The van der Waals surface area contributed by atoms with Crippen molar-refractivity contribution >= 4 is 11.9 Å². The van der Waals surface area contributed by atoms with E-state index in [-0.39, 0.29) is 13.2 Å². The van der Waals surface area contributed by atoms with Gasteiger partial charge in [0.15, 0.2) is 5.92 Å². The van der Waals surface area contributed by atoms with Crippen LogP contribution in [0, 0.1) is 5.92 Å². The van der Waals surface area contributed by atoms with Gasteiger partial charge in [-0.1, -0.05) is 80.4 Å². The molecule has 0 N–H and O–H groups in total. The smallest absolute Gasteiger partial charge is 0.320 e. The van der Waals surface area contributed by atoms with Crippen LogP contribution in [0.2, 0.25) is 0 Å². The third-order valence-corrected chi connectivity index (χ3v) is 3.86. The van der Waals surface area contributed by atoms with E-state index >= 15 is 0 Å². The second-order valence-corrected chi connectivity index (χ2v) is 5.88. The molecular weight excluding hydrogens is 316 g/mol. The molecule has 0 fully saturated rings. The van der Waals surface area contributed by atoms with Gasteiger partial charge in [-0.2, -0.15) is 0 Å². The van der Waals surface area contributed by atoms with Crippen molar-refractivity contribution in [1.29, 1.82) is 0 Å². The zero-order chi connectivity index (χ0) is 17.9. The molecule has 25 heavy (non-hydrogen) atoms. The minimum Gasteiger partial charge on any atom is -0.460 e. The first-order chi connectivity index (χ1) is 12.2. The van der Waals surface area contributed by atoms with Gasteiger partial charge in [0, 0.05) is 0 Å². The van der Waals surface area contributed by atoms with Crippen LogP contribution in [-0.4, -0.2) is 11.9 Å². The van der Waals surface area contributed by atoms with E-state index in [9.17, 15) is 9.59 Å². The van der Waals surface area contributed by atoms with Crippen molar-refractivity contribution in [2.45, 2.75) is 39.4 Å². The summed E-state index contributed by atoms with van der Waals surface area (Å²) in [5.41, 5.74) is 1.78. The number of hydrogen-bond acceptors (Lipinski definition) is 4. The van der Waals surface area contributed by atoms with Gasteiger partial charge in [0.1, 0.15) is 13.2 Å². The van der Waals surface area contributed by atoms with E-state index in [1.54, 1.807) is 0 Å². The van der Waals surface area contributed by atoms with Crippen LogP contribution in [-0.2, 0) is 32.3 Å². The normalized spacial score (nSPS) is 10.5. The Balaban J connectivity index is 1.91.